The third-order valence-corrected chi connectivity index (χ3v) is 9.80. The Morgan fingerprint density at radius 2 is 1.71 bits per heavy atom. The van der Waals surface area contributed by atoms with Crippen LogP contribution in [0.1, 0.15) is 44.4 Å². The summed E-state index contributed by atoms with van der Waals surface area (Å²) >= 11 is 19.3. The zero-order valence-electron chi connectivity index (χ0n) is 23.6. The number of amides is 3. The number of ether oxygens (including phenoxy) is 1. The maximum absolute atomic E-state index is 13.8. The van der Waals surface area contributed by atoms with E-state index < -0.39 is 44.3 Å². The van der Waals surface area contributed by atoms with E-state index >= 15 is 0 Å². The summed E-state index contributed by atoms with van der Waals surface area (Å²) in [6.45, 7) is 8.88. The lowest BCUT2D eigenvalue weighted by molar-refractivity contribution is -0.147. The van der Waals surface area contributed by atoms with Crippen LogP contribution in [0.15, 0.2) is 54.6 Å². The standard InChI is InChI=1S/C29H36Cl3N3O5S/c1-18-11-9-10-14-20(18)16-33-24(37)23-27(2,3)41-17-35(23)25(38)22(36)21(15-19-12-7-6-8-13-19)34-26(39)40-28(4,5)29(30,31)32/h6-14,21-23,36H,15-17H2,1-5H3,(H,33,37)(H,34,39)/t21-,22-,23+/m0/s1. The molecular weight excluding hydrogens is 609 g/mol. The summed E-state index contributed by atoms with van der Waals surface area (Å²) in [5.74, 6) is -0.838. The number of hydrogen-bond donors (Lipinski definition) is 3. The number of nitrogens with one attached hydrogen (secondary N) is 2. The molecule has 0 spiro atoms. The first-order chi connectivity index (χ1) is 19.0. The van der Waals surface area contributed by atoms with E-state index in [-0.39, 0.29) is 18.2 Å². The molecule has 0 saturated carbocycles. The zero-order valence-corrected chi connectivity index (χ0v) is 26.7. The van der Waals surface area contributed by atoms with Crippen LogP contribution < -0.4 is 10.6 Å². The fourth-order valence-electron chi connectivity index (χ4n) is 4.42. The van der Waals surface area contributed by atoms with Crippen molar-refractivity contribution < 1.29 is 24.2 Å². The van der Waals surface area contributed by atoms with Crippen molar-refractivity contribution in [3.05, 3.63) is 71.3 Å². The molecule has 1 aliphatic rings. The van der Waals surface area contributed by atoms with E-state index in [9.17, 15) is 19.5 Å². The second-order valence-electron chi connectivity index (χ2n) is 11.0. The molecule has 0 unspecified atom stereocenters. The van der Waals surface area contributed by atoms with Crippen molar-refractivity contribution in [2.75, 3.05) is 5.88 Å². The third-order valence-electron chi connectivity index (χ3n) is 7.06. The molecule has 3 rings (SSSR count). The number of halogens is 3. The molecule has 41 heavy (non-hydrogen) atoms. The van der Waals surface area contributed by atoms with Gasteiger partial charge in [-0.3, -0.25) is 9.59 Å². The molecule has 12 heteroatoms. The van der Waals surface area contributed by atoms with E-state index in [0.717, 1.165) is 16.7 Å². The van der Waals surface area contributed by atoms with Crippen molar-refractivity contribution in [2.24, 2.45) is 0 Å². The highest BCUT2D eigenvalue weighted by atomic mass is 35.6. The molecule has 3 N–H and O–H groups in total. The molecule has 0 aromatic heterocycles. The first-order valence-corrected chi connectivity index (χ1v) is 15.2. The Hall–Kier alpha value is -2.17. The highest BCUT2D eigenvalue weighted by Gasteiger charge is 2.50. The van der Waals surface area contributed by atoms with Gasteiger partial charge < -0.3 is 25.4 Å². The monoisotopic (exact) mass is 643 g/mol. The fraction of sp³-hybridized carbons (Fsp3) is 0.483. The second kappa shape index (κ2) is 13.4. The minimum Gasteiger partial charge on any atom is -0.439 e. The number of thioether (sulfide) groups is 1. The molecule has 1 fully saturated rings. The summed E-state index contributed by atoms with van der Waals surface area (Å²) in [6.07, 6.45) is -2.57. The number of carbonyl (C=O) groups excluding carboxylic acids is 3. The van der Waals surface area contributed by atoms with Crippen LogP contribution in [0.3, 0.4) is 0 Å². The van der Waals surface area contributed by atoms with E-state index in [1.54, 1.807) is 24.3 Å². The van der Waals surface area contributed by atoms with E-state index in [1.807, 2.05) is 51.1 Å². The number of rotatable bonds is 9. The van der Waals surface area contributed by atoms with Gasteiger partial charge in [-0.05, 0) is 57.7 Å². The molecule has 224 valence electrons. The average Bonchev–Trinajstić information content (AvgIpc) is 3.21. The minimum absolute atomic E-state index is 0.103. The highest BCUT2D eigenvalue weighted by Crippen LogP contribution is 2.41. The molecule has 1 heterocycles. The van der Waals surface area contributed by atoms with Gasteiger partial charge in [0.2, 0.25) is 9.70 Å². The number of aliphatic hydroxyl groups is 1. The molecule has 1 saturated heterocycles. The van der Waals surface area contributed by atoms with Gasteiger partial charge in [0.1, 0.15) is 6.04 Å². The normalized spacial score (nSPS) is 18.4. The quantitative estimate of drug-likeness (QED) is 0.327. The van der Waals surface area contributed by atoms with Gasteiger partial charge in [-0.25, -0.2) is 4.79 Å². The maximum atomic E-state index is 13.8. The van der Waals surface area contributed by atoms with Crippen molar-refractivity contribution in [1.82, 2.24) is 15.5 Å². The Morgan fingerprint density at radius 1 is 1.10 bits per heavy atom. The zero-order chi connectivity index (χ0) is 30.6. The van der Waals surface area contributed by atoms with Gasteiger partial charge in [-0.1, -0.05) is 89.4 Å². The summed E-state index contributed by atoms with van der Waals surface area (Å²) < 4.78 is 2.80. The van der Waals surface area contributed by atoms with Gasteiger partial charge >= 0.3 is 6.09 Å². The predicted octanol–water partition coefficient (Wildman–Crippen LogP) is 5.14. The molecule has 2 aromatic rings. The molecule has 8 nitrogen and oxygen atoms in total. The van der Waals surface area contributed by atoms with Crippen molar-refractivity contribution in [2.45, 2.75) is 79.9 Å². The number of carbonyl (C=O) groups is 3. The number of alkyl carbamates (subject to hydrolysis) is 1. The number of aliphatic hydroxyl groups excluding tert-OH is 1. The Labute approximate surface area is 260 Å². The van der Waals surface area contributed by atoms with Crippen molar-refractivity contribution in [1.29, 1.82) is 0 Å². The van der Waals surface area contributed by atoms with Crippen LogP contribution in [0.2, 0.25) is 0 Å². The van der Waals surface area contributed by atoms with Gasteiger partial charge in [0, 0.05) is 11.3 Å². The van der Waals surface area contributed by atoms with Crippen LogP contribution in [-0.2, 0) is 27.3 Å². The van der Waals surface area contributed by atoms with Crippen LogP contribution in [-0.4, -0.2) is 66.1 Å². The van der Waals surface area contributed by atoms with Gasteiger partial charge in [0.05, 0.1) is 11.9 Å². The van der Waals surface area contributed by atoms with Crippen molar-refractivity contribution >= 4 is 64.5 Å². The van der Waals surface area contributed by atoms with E-state index in [0.29, 0.717) is 6.54 Å². The lowest BCUT2D eigenvalue weighted by Gasteiger charge is -2.35. The summed E-state index contributed by atoms with van der Waals surface area (Å²) in [5.41, 5.74) is 1.25. The largest absolute Gasteiger partial charge is 0.439 e. The first kappa shape index (κ1) is 33.3. The topological polar surface area (TPSA) is 108 Å². The van der Waals surface area contributed by atoms with Gasteiger partial charge in [0.25, 0.3) is 5.91 Å². The maximum Gasteiger partial charge on any atom is 0.408 e. The number of alkyl halides is 3. The smallest absolute Gasteiger partial charge is 0.408 e. The van der Waals surface area contributed by atoms with Crippen molar-refractivity contribution in [3.63, 3.8) is 0 Å². The average molecular weight is 645 g/mol. The lowest BCUT2D eigenvalue weighted by atomic mass is 9.97. The SMILES string of the molecule is Cc1ccccc1CNC(=O)[C@H]1N(C(=O)[C@@H](O)[C@H](Cc2ccccc2)NC(=O)OC(C)(C)C(Cl)(Cl)Cl)CSC1(C)C. The predicted molar refractivity (Wildman–Crippen MR) is 164 cm³/mol. The van der Waals surface area contributed by atoms with E-state index in [2.05, 4.69) is 10.6 Å². The molecule has 2 aromatic carbocycles. The molecule has 1 aliphatic heterocycles. The molecule has 0 aliphatic carbocycles. The summed E-state index contributed by atoms with van der Waals surface area (Å²) in [5, 5.41) is 16.9. The molecular formula is C29H36Cl3N3O5S. The fourth-order valence-corrected chi connectivity index (χ4v) is 5.68. The molecule has 0 bridgehead atoms. The first-order valence-electron chi connectivity index (χ1n) is 13.1. The van der Waals surface area contributed by atoms with Gasteiger partial charge in [0.15, 0.2) is 11.7 Å². The Morgan fingerprint density at radius 3 is 2.32 bits per heavy atom. The van der Waals surface area contributed by atoms with Crippen LogP contribution >= 0.6 is 46.6 Å². The number of hydrogen-bond acceptors (Lipinski definition) is 6. The van der Waals surface area contributed by atoms with Gasteiger partial charge in [-0.2, -0.15) is 0 Å². The Balaban J connectivity index is 1.81. The van der Waals surface area contributed by atoms with Gasteiger partial charge in [-0.15, -0.1) is 11.8 Å². The molecule has 3 amide bonds. The number of nitrogens with zero attached hydrogens (tertiary/aromatic N) is 1. The van der Waals surface area contributed by atoms with Crippen LogP contribution in [0.4, 0.5) is 4.79 Å². The molecule has 0 radical (unpaired) electrons. The Kier molecular flexibility index (Phi) is 10.9. The van der Waals surface area contributed by atoms with Crippen LogP contribution in [0.5, 0.6) is 0 Å². The minimum atomic E-state index is -1.93. The van der Waals surface area contributed by atoms with Crippen LogP contribution in [0, 0.1) is 6.92 Å². The lowest BCUT2D eigenvalue weighted by Crippen LogP contribution is -2.59. The summed E-state index contributed by atoms with van der Waals surface area (Å²) in [7, 11) is 0. The number of aryl methyl sites for hydroxylation is 1. The highest BCUT2D eigenvalue weighted by molar-refractivity contribution is 8.00. The second-order valence-corrected chi connectivity index (χ2v) is 14.9. The molecule has 3 atom stereocenters. The summed E-state index contributed by atoms with van der Waals surface area (Å²) in [4.78, 5) is 41.4. The third kappa shape index (κ3) is 8.45. The van der Waals surface area contributed by atoms with Crippen LogP contribution in [0.25, 0.3) is 0 Å². The Bertz CT molecular complexity index is 1240. The van der Waals surface area contributed by atoms with Crippen molar-refractivity contribution in [3.8, 4) is 0 Å². The summed E-state index contributed by atoms with van der Waals surface area (Å²) in [6, 6.07) is 14.8. The number of benzene rings is 2. The van der Waals surface area contributed by atoms with E-state index in [4.69, 9.17) is 39.5 Å². The van der Waals surface area contributed by atoms with E-state index in [1.165, 1.54) is 30.5 Å².